The number of carbonyl (C=O) groups excluding carboxylic acids is 1. The van der Waals surface area contributed by atoms with Gasteiger partial charge in [0.1, 0.15) is 18.2 Å². The van der Waals surface area contributed by atoms with Crippen molar-refractivity contribution in [1.29, 1.82) is 0 Å². The minimum atomic E-state index is -0.331. The van der Waals surface area contributed by atoms with Crippen LogP contribution in [-0.4, -0.2) is 58.2 Å². The molecule has 0 aromatic carbocycles. The van der Waals surface area contributed by atoms with Crippen LogP contribution in [0, 0.1) is 0 Å². The van der Waals surface area contributed by atoms with E-state index in [0.29, 0.717) is 24.6 Å². The van der Waals surface area contributed by atoms with Crippen LogP contribution in [0.3, 0.4) is 0 Å². The zero-order valence-corrected chi connectivity index (χ0v) is 11.0. The minimum absolute atomic E-state index is 0.0710. The van der Waals surface area contributed by atoms with Gasteiger partial charge in [-0.15, -0.1) is 0 Å². The number of nitrogens with one attached hydrogen (secondary N) is 3. The molecule has 0 aliphatic carbocycles. The normalized spacial score (nSPS) is 19.2. The second-order valence-electron chi connectivity index (χ2n) is 4.53. The predicted octanol–water partition coefficient (Wildman–Crippen LogP) is -2.06. The molecule has 1 amide bonds. The van der Waals surface area contributed by atoms with Crippen molar-refractivity contribution < 1.29 is 4.79 Å². The third-order valence-electron chi connectivity index (χ3n) is 3.38. The average Bonchev–Trinajstić information content (AvgIpc) is 2.87. The quantitative estimate of drug-likeness (QED) is 0.583. The van der Waals surface area contributed by atoms with E-state index in [9.17, 15) is 9.59 Å². The van der Waals surface area contributed by atoms with E-state index in [4.69, 9.17) is 0 Å². The number of nitrogens with zero attached hydrogens (tertiary/aromatic N) is 4. The summed E-state index contributed by atoms with van der Waals surface area (Å²) in [5, 5.41) is 12.1. The molecule has 1 aliphatic rings. The van der Waals surface area contributed by atoms with Crippen LogP contribution in [0.1, 0.15) is 0 Å². The standard InChI is InChI=1S/C11H15N7O2/c1-12-10(19)7-5-13-2-3-17(7)8-4-9-15-16-11(20)18(9)6-14-8/h4,6-7,13H,2-3,5H2,1H3,(H,12,19)(H,16,20). The van der Waals surface area contributed by atoms with E-state index in [1.165, 1.54) is 10.7 Å². The highest BCUT2D eigenvalue weighted by Gasteiger charge is 2.29. The van der Waals surface area contributed by atoms with Crippen molar-refractivity contribution in [2.45, 2.75) is 6.04 Å². The number of aromatic amines is 1. The molecule has 0 bridgehead atoms. The third-order valence-corrected chi connectivity index (χ3v) is 3.38. The Bertz CT molecular complexity index is 691. The molecule has 2 aromatic heterocycles. The van der Waals surface area contributed by atoms with Crippen molar-refractivity contribution in [2.24, 2.45) is 0 Å². The number of rotatable bonds is 2. The van der Waals surface area contributed by atoms with Gasteiger partial charge in [0, 0.05) is 32.7 Å². The second-order valence-corrected chi connectivity index (χ2v) is 4.53. The lowest BCUT2D eigenvalue weighted by atomic mass is 10.1. The molecular weight excluding hydrogens is 262 g/mol. The van der Waals surface area contributed by atoms with Gasteiger partial charge in [-0.05, 0) is 0 Å². The van der Waals surface area contributed by atoms with E-state index in [0.717, 1.165) is 6.54 Å². The first-order valence-corrected chi connectivity index (χ1v) is 6.32. The van der Waals surface area contributed by atoms with Gasteiger partial charge in [0.05, 0.1) is 0 Å². The SMILES string of the molecule is CNC(=O)C1CNCCN1c1cc2n[nH]c(=O)n2cn1. The van der Waals surface area contributed by atoms with Crippen molar-refractivity contribution >= 4 is 17.4 Å². The van der Waals surface area contributed by atoms with Gasteiger partial charge in [-0.3, -0.25) is 4.79 Å². The zero-order valence-electron chi connectivity index (χ0n) is 11.0. The molecule has 0 spiro atoms. The summed E-state index contributed by atoms with van der Waals surface area (Å²) in [5.41, 5.74) is 0.149. The molecule has 0 radical (unpaired) electrons. The Morgan fingerprint density at radius 1 is 1.55 bits per heavy atom. The Morgan fingerprint density at radius 2 is 2.40 bits per heavy atom. The predicted molar refractivity (Wildman–Crippen MR) is 71.7 cm³/mol. The molecule has 0 saturated carbocycles. The van der Waals surface area contributed by atoms with E-state index in [-0.39, 0.29) is 17.6 Å². The maximum Gasteiger partial charge on any atom is 0.348 e. The largest absolute Gasteiger partial charge is 0.357 e. The van der Waals surface area contributed by atoms with Crippen LogP contribution in [0.5, 0.6) is 0 Å². The Kier molecular flexibility index (Phi) is 3.11. The molecule has 1 atom stereocenters. The zero-order chi connectivity index (χ0) is 14.1. The molecule has 1 unspecified atom stereocenters. The summed E-state index contributed by atoms with van der Waals surface area (Å²) in [7, 11) is 1.61. The third kappa shape index (κ3) is 2.01. The fourth-order valence-corrected chi connectivity index (χ4v) is 2.34. The summed E-state index contributed by atoms with van der Waals surface area (Å²) in [4.78, 5) is 29.5. The number of H-pyrrole nitrogens is 1. The molecular formula is C11H15N7O2. The van der Waals surface area contributed by atoms with Gasteiger partial charge in [0.2, 0.25) is 5.91 Å². The maximum atomic E-state index is 11.9. The molecule has 2 aromatic rings. The number of aromatic nitrogens is 4. The van der Waals surface area contributed by atoms with E-state index in [2.05, 4.69) is 25.8 Å². The number of amides is 1. The van der Waals surface area contributed by atoms with Crippen LogP contribution in [-0.2, 0) is 4.79 Å². The number of carbonyl (C=O) groups is 1. The topological polar surface area (TPSA) is 107 Å². The maximum absolute atomic E-state index is 11.9. The molecule has 9 nitrogen and oxygen atoms in total. The van der Waals surface area contributed by atoms with Crippen LogP contribution in [0.25, 0.3) is 5.65 Å². The first-order valence-electron chi connectivity index (χ1n) is 6.32. The van der Waals surface area contributed by atoms with Crippen molar-refractivity contribution in [2.75, 3.05) is 31.6 Å². The first-order chi connectivity index (χ1) is 9.70. The number of likely N-dealkylation sites (N-methyl/N-ethyl adjacent to an activating group) is 1. The van der Waals surface area contributed by atoms with Crippen molar-refractivity contribution in [3.05, 3.63) is 22.9 Å². The lowest BCUT2D eigenvalue weighted by Gasteiger charge is -2.35. The summed E-state index contributed by atoms with van der Waals surface area (Å²) in [6.07, 6.45) is 1.42. The summed E-state index contributed by atoms with van der Waals surface area (Å²) in [5.74, 6) is 0.560. The lowest BCUT2D eigenvalue weighted by Crippen LogP contribution is -2.57. The summed E-state index contributed by atoms with van der Waals surface area (Å²) in [6.45, 7) is 1.99. The van der Waals surface area contributed by atoms with Gasteiger partial charge >= 0.3 is 5.69 Å². The Labute approximate surface area is 114 Å². The summed E-state index contributed by atoms with van der Waals surface area (Å²) in [6, 6.07) is 1.37. The molecule has 20 heavy (non-hydrogen) atoms. The minimum Gasteiger partial charge on any atom is -0.357 e. The Hall–Kier alpha value is -2.42. The smallest absolute Gasteiger partial charge is 0.348 e. The molecule has 9 heteroatoms. The van der Waals surface area contributed by atoms with Gasteiger partial charge in [0.15, 0.2) is 5.65 Å². The lowest BCUT2D eigenvalue weighted by molar-refractivity contribution is -0.122. The van der Waals surface area contributed by atoms with Gasteiger partial charge in [-0.1, -0.05) is 0 Å². The summed E-state index contributed by atoms with van der Waals surface area (Å²) < 4.78 is 1.32. The van der Waals surface area contributed by atoms with Crippen molar-refractivity contribution in [3.63, 3.8) is 0 Å². The fourth-order valence-electron chi connectivity index (χ4n) is 2.34. The van der Waals surface area contributed by atoms with Gasteiger partial charge in [-0.25, -0.2) is 19.3 Å². The molecule has 3 rings (SSSR count). The molecule has 1 fully saturated rings. The van der Waals surface area contributed by atoms with Crippen molar-refractivity contribution in [1.82, 2.24) is 30.2 Å². The number of hydrogen-bond donors (Lipinski definition) is 3. The van der Waals surface area contributed by atoms with E-state index < -0.39 is 0 Å². The number of hydrogen-bond acceptors (Lipinski definition) is 6. The van der Waals surface area contributed by atoms with Gasteiger partial charge in [-0.2, -0.15) is 5.10 Å². The van der Waals surface area contributed by atoms with E-state index in [1.807, 2.05) is 4.90 Å². The molecule has 1 saturated heterocycles. The van der Waals surface area contributed by atoms with Gasteiger partial charge in [0.25, 0.3) is 0 Å². The molecule has 1 aliphatic heterocycles. The highest BCUT2D eigenvalue weighted by Crippen LogP contribution is 2.16. The fraction of sp³-hybridized carbons (Fsp3) is 0.455. The number of anilines is 1. The number of fused-ring (bicyclic) bond motifs is 1. The molecule has 3 heterocycles. The second kappa shape index (κ2) is 4.93. The van der Waals surface area contributed by atoms with Crippen LogP contribution >= 0.6 is 0 Å². The number of piperazine rings is 1. The van der Waals surface area contributed by atoms with Crippen molar-refractivity contribution in [3.8, 4) is 0 Å². The van der Waals surface area contributed by atoms with Gasteiger partial charge < -0.3 is 15.5 Å². The highest BCUT2D eigenvalue weighted by molar-refractivity contribution is 5.85. The Balaban J connectivity index is 1.98. The van der Waals surface area contributed by atoms with E-state index in [1.54, 1.807) is 13.1 Å². The van der Waals surface area contributed by atoms with Crippen LogP contribution in [0.15, 0.2) is 17.2 Å². The van der Waals surface area contributed by atoms with Crippen LogP contribution < -0.4 is 21.2 Å². The highest BCUT2D eigenvalue weighted by atomic mass is 16.2. The molecule has 106 valence electrons. The van der Waals surface area contributed by atoms with Crippen LogP contribution in [0.4, 0.5) is 5.82 Å². The molecule has 3 N–H and O–H groups in total. The van der Waals surface area contributed by atoms with Crippen LogP contribution in [0.2, 0.25) is 0 Å². The first kappa shape index (κ1) is 12.6. The Morgan fingerprint density at radius 3 is 3.20 bits per heavy atom. The monoisotopic (exact) mass is 277 g/mol. The average molecular weight is 277 g/mol. The summed E-state index contributed by atoms with van der Waals surface area (Å²) >= 11 is 0. The van der Waals surface area contributed by atoms with E-state index >= 15 is 0 Å².